The van der Waals surface area contributed by atoms with Gasteiger partial charge in [0.15, 0.2) is 0 Å². The first-order valence-corrected chi connectivity index (χ1v) is 6.14. The Kier molecular flexibility index (Phi) is 3.68. The minimum Gasteiger partial charge on any atom is -0.307 e. The van der Waals surface area contributed by atoms with Gasteiger partial charge in [0.05, 0.1) is 11.6 Å². The van der Waals surface area contributed by atoms with Crippen LogP contribution in [0, 0.1) is 0 Å². The third-order valence-electron chi connectivity index (χ3n) is 2.56. The summed E-state index contributed by atoms with van der Waals surface area (Å²) in [6, 6.07) is 4.96. The second-order valence-electron chi connectivity index (χ2n) is 3.71. The lowest BCUT2D eigenvalue weighted by molar-refractivity contribution is -0.137. The Hall–Kier alpha value is -1.40. The van der Waals surface area contributed by atoms with Crippen molar-refractivity contribution in [3.63, 3.8) is 0 Å². The standard InChI is InChI=1S/C12H11F3N2S/c1-16-10(11-17-6-7-18-11)8-2-4-9(5-3-8)12(13,14)15/h2-7,10,16H,1H3. The molecule has 0 spiro atoms. The van der Waals surface area contributed by atoms with Crippen molar-refractivity contribution < 1.29 is 13.2 Å². The van der Waals surface area contributed by atoms with E-state index in [1.54, 1.807) is 13.2 Å². The molecule has 0 aliphatic carbocycles. The van der Waals surface area contributed by atoms with Gasteiger partial charge in [0.2, 0.25) is 0 Å². The van der Waals surface area contributed by atoms with Crippen molar-refractivity contribution in [3.05, 3.63) is 52.0 Å². The predicted octanol–water partition coefficient (Wildman–Crippen LogP) is 3.47. The monoisotopic (exact) mass is 272 g/mol. The molecule has 0 amide bonds. The number of benzene rings is 1. The molecule has 1 aromatic carbocycles. The van der Waals surface area contributed by atoms with E-state index in [0.717, 1.165) is 22.7 Å². The molecule has 0 saturated heterocycles. The average molecular weight is 272 g/mol. The first-order valence-electron chi connectivity index (χ1n) is 5.26. The Morgan fingerprint density at radius 1 is 1.22 bits per heavy atom. The van der Waals surface area contributed by atoms with E-state index in [1.165, 1.54) is 23.5 Å². The number of halogens is 3. The number of nitrogens with zero attached hydrogens (tertiary/aromatic N) is 1. The zero-order valence-electron chi connectivity index (χ0n) is 9.53. The number of hydrogen-bond donors (Lipinski definition) is 1. The fraction of sp³-hybridized carbons (Fsp3) is 0.250. The van der Waals surface area contributed by atoms with Gasteiger partial charge < -0.3 is 5.32 Å². The number of thiazole rings is 1. The van der Waals surface area contributed by atoms with Crippen LogP contribution in [0.2, 0.25) is 0 Å². The maximum atomic E-state index is 12.5. The molecule has 2 rings (SSSR count). The third-order valence-corrected chi connectivity index (χ3v) is 3.40. The zero-order valence-corrected chi connectivity index (χ0v) is 10.3. The first-order chi connectivity index (χ1) is 8.52. The van der Waals surface area contributed by atoms with Crippen molar-refractivity contribution in [2.45, 2.75) is 12.2 Å². The van der Waals surface area contributed by atoms with Crippen LogP contribution in [0.4, 0.5) is 13.2 Å². The van der Waals surface area contributed by atoms with Gasteiger partial charge >= 0.3 is 6.18 Å². The van der Waals surface area contributed by atoms with Gasteiger partial charge in [0.1, 0.15) is 5.01 Å². The molecule has 6 heteroatoms. The number of alkyl halides is 3. The molecule has 2 aromatic rings. The normalized spacial score (nSPS) is 13.6. The smallest absolute Gasteiger partial charge is 0.307 e. The highest BCUT2D eigenvalue weighted by Gasteiger charge is 2.30. The fourth-order valence-corrected chi connectivity index (χ4v) is 2.45. The van der Waals surface area contributed by atoms with E-state index < -0.39 is 11.7 Å². The predicted molar refractivity (Wildman–Crippen MR) is 64.5 cm³/mol. The van der Waals surface area contributed by atoms with Gasteiger partial charge in [0.25, 0.3) is 0 Å². The minimum atomic E-state index is -4.30. The molecule has 1 unspecified atom stereocenters. The summed E-state index contributed by atoms with van der Waals surface area (Å²) in [5.74, 6) is 0. The van der Waals surface area contributed by atoms with E-state index >= 15 is 0 Å². The van der Waals surface area contributed by atoms with E-state index in [1.807, 2.05) is 5.38 Å². The summed E-state index contributed by atoms with van der Waals surface area (Å²) >= 11 is 1.46. The highest BCUT2D eigenvalue weighted by Crippen LogP contribution is 2.31. The SMILES string of the molecule is CNC(c1ccc(C(F)(F)F)cc1)c1nccs1. The summed E-state index contributed by atoms with van der Waals surface area (Å²) in [5, 5.41) is 5.71. The molecule has 0 radical (unpaired) electrons. The lowest BCUT2D eigenvalue weighted by Gasteiger charge is -2.15. The molecule has 0 aliphatic heterocycles. The number of nitrogens with one attached hydrogen (secondary N) is 1. The van der Waals surface area contributed by atoms with Crippen LogP contribution in [-0.2, 0) is 6.18 Å². The summed E-state index contributed by atoms with van der Waals surface area (Å²) in [6.07, 6.45) is -2.62. The summed E-state index contributed by atoms with van der Waals surface area (Å²) in [7, 11) is 1.75. The molecule has 0 saturated carbocycles. The average Bonchev–Trinajstić information content (AvgIpc) is 2.83. The number of hydrogen-bond acceptors (Lipinski definition) is 3. The molecule has 1 heterocycles. The van der Waals surface area contributed by atoms with Crippen LogP contribution in [0.1, 0.15) is 22.2 Å². The molecule has 0 aliphatic rings. The number of aromatic nitrogens is 1. The Balaban J connectivity index is 2.28. The lowest BCUT2D eigenvalue weighted by atomic mass is 10.1. The second-order valence-corrected chi connectivity index (χ2v) is 4.64. The molecule has 1 atom stereocenters. The lowest BCUT2D eigenvalue weighted by Crippen LogP contribution is -2.17. The van der Waals surface area contributed by atoms with Crippen LogP contribution in [-0.4, -0.2) is 12.0 Å². The largest absolute Gasteiger partial charge is 0.416 e. The minimum absolute atomic E-state index is 0.174. The molecular formula is C12H11F3N2S. The highest BCUT2D eigenvalue weighted by molar-refractivity contribution is 7.09. The van der Waals surface area contributed by atoms with Gasteiger partial charge in [-0.25, -0.2) is 4.98 Å². The van der Waals surface area contributed by atoms with E-state index in [9.17, 15) is 13.2 Å². The fourth-order valence-electron chi connectivity index (χ4n) is 1.67. The molecule has 0 fully saturated rings. The second kappa shape index (κ2) is 5.07. The summed E-state index contributed by atoms with van der Waals surface area (Å²) in [5.41, 5.74) is 0.126. The Morgan fingerprint density at radius 3 is 2.33 bits per heavy atom. The summed E-state index contributed by atoms with van der Waals surface area (Å²) < 4.78 is 37.4. The van der Waals surface area contributed by atoms with E-state index in [4.69, 9.17) is 0 Å². The molecule has 1 aromatic heterocycles. The van der Waals surface area contributed by atoms with Crippen molar-refractivity contribution >= 4 is 11.3 Å². The van der Waals surface area contributed by atoms with Gasteiger partial charge in [-0.05, 0) is 24.7 Å². The first kappa shape index (κ1) is 13.0. The van der Waals surface area contributed by atoms with Crippen LogP contribution >= 0.6 is 11.3 Å². The molecule has 1 N–H and O–H groups in total. The maximum absolute atomic E-state index is 12.5. The molecule has 96 valence electrons. The van der Waals surface area contributed by atoms with Crippen molar-refractivity contribution in [2.24, 2.45) is 0 Å². The Bertz CT molecular complexity index is 491. The van der Waals surface area contributed by atoms with Crippen LogP contribution < -0.4 is 5.32 Å². The summed E-state index contributed by atoms with van der Waals surface area (Å²) in [4.78, 5) is 4.17. The van der Waals surface area contributed by atoms with Crippen molar-refractivity contribution in [3.8, 4) is 0 Å². The van der Waals surface area contributed by atoms with Crippen LogP contribution in [0.3, 0.4) is 0 Å². The number of rotatable bonds is 3. The maximum Gasteiger partial charge on any atom is 0.416 e. The van der Waals surface area contributed by atoms with Crippen molar-refractivity contribution in [1.82, 2.24) is 10.3 Å². The van der Waals surface area contributed by atoms with E-state index in [-0.39, 0.29) is 6.04 Å². The molecule has 0 bridgehead atoms. The third kappa shape index (κ3) is 2.70. The molecule has 18 heavy (non-hydrogen) atoms. The Labute approximate surface area is 106 Å². The topological polar surface area (TPSA) is 24.9 Å². The van der Waals surface area contributed by atoms with Crippen LogP contribution in [0.15, 0.2) is 35.8 Å². The van der Waals surface area contributed by atoms with Gasteiger partial charge in [-0.1, -0.05) is 12.1 Å². The van der Waals surface area contributed by atoms with Gasteiger partial charge in [0, 0.05) is 11.6 Å². The van der Waals surface area contributed by atoms with Gasteiger partial charge in [-0.3, -0.25) is 0 Å². The van der Waals surface area contributed by atoms with Crippen molar-refractivity contribution in [2.75, 3.05) is 7.05 Å². The molecule has 2 nitrogen and oxygen atoms in total. The zero-order chi connectivity index (χ0) is 13.2. The van der Waals surface area contributed by atoms with Gasteiger partial charge in [-0.15, -0.1) is 11.3 Å². The van der Waals surface area contributed by atoms with Crippen LogP contribution in [0.5, 0.6) is 0 Å². The van der Waals surface area contributed by atoms with Gasteiger partial charge in [-0.2, -0.15) is 13.2 Å². The van der Waals surface area contributed by atoms with E-state index in [0.29, 0.717) is 0 Å². The Morgan fingerprint density at radius 2 is 1.89 bits per heavy atom. The highest BCUT2D eigenvalue weighted by atomic mass is 32.1. The molecular weight excluding hydrogens is 261 g/mol. The quantitative estimate of drug-likeness (QED) is 0.925. The van der Waals surface area contributed by atoms with E-state index in [2.05, 4.69) is 10.3 Å². The summed E-state index contributed by atoms with van der Waals surface area (Å²) in [6.45, 7) is 0. The van der Waals surface area contributed by atoms with Crippen molar-refractivity contribution in [1.29, 1.82) is 0 Å². The van der Waals surface area contributed by atoms with Crippen LogP contribution in [0.25, 0.3) is 0 Å².